The second-order valence-corrected chi connectivity index (χ2v) is 4.58. The SMILES string of the molecule is CC(C)OC1(C(N)=O)CCNCC1.O=C(O)C(F)(F)F. The van der Waals surface area contributed by atoms with E-state index in [1.807, 2.05) is 13.8 Å². The number of aliphatic carboxylic acids is 1. The fraction of sp³-hybridized carbons (Fsp3) is 0.818. The molecule has 1 saturated heterocycles. The number of halogens is 3. The molecule has 1 heterocycles. The van der Waals surface area contributed by atoms with Gasteiger partial charge in [-0.25, -0.2) is 4.79 Å². The van der Waals surface area contributed by atoms with Crippen molar-refractivity contribution in [1.29, 1.82) is 0 Å². The van der Waals surface area contributed by atoms with Crippen LogP contribution in [0.1, 0.15) is 26.7 Å². The lowest BCUT2D eigenvalue weighted by molar-refractivity contribution is -0.192. The molecule has 0 spiro atoms. The van der Waals surface area contributed by atoms with Gasteiger partial charge in [0, 0.05) is 0 Å². The zero-order valence-corrected chi connectivity index (χ0v) is 11.3. The van der Waals surface area contributed by atoms with Gasteiger partial charge in [0.2, 0.25) is 5.91 Å². The minimum atomic E-state index is -5.08. The normalized spacial score (nSPS) is 18.1. The number of nitrogens with two attached hydrogens (primary N) is 1. The van der Waals surface area contributed by atoms with Crippen molar-refractivity contribution in [2.75, 3.05) is 13.1 Å². The van der Waals surface area contributed by atoms with Crippen LogP contribution in [0.4, 0.5) is 13.2 Å². The topological polar surface area (TPSA) is 102 Å². The van der Waals surface area contributed by atoms with Crippen LogP contribution in [0.15, 0.2) is 0 Å². The van der Waals surface area contributed by atoms with Gasteiger partial charge in [-0.1, -0.05) is 0 Å². The maximum absolute atomic E-state index is 11.3. The summed E-state index contributed by atoms with van der Waals surface area (Å²) in [6.45, 7) is 5.45. The minimum absolute atomic E-state index is 0.0469. The van der Waals surface area contributed by atoms with Gasteiger partial charge in [0.25, 0.3) is 0 Å². The Morgan fingerprint density at radius 1 is 1.30 bits per heavy atom. The average molecular weight is 300 g/mol. The van der Waals surface area contributed by atoms with Gasteiger partial charge in [0.1, 0.15) is 5.60 Å². The van der Waals surface area contributed by atoms with Gasteiger partial charge in [0.15, 0.2) is 0 Å². The Bertz CT molecular complexity index is 339. The predicted molar refractivity (Wildman–Crippen MR) is 63.9 cm³/mol. The number of nitrogens with one attached hydrogen (secondary N) is 1. The van der Waals surface area contributed by atoms with E-state index in [1.54, 1.807) is 0 Å². The van der Waals surface area contributed by atoms with Crippen LogP contribution in [-0.4, -0.2) is 48.0 Å². The first kappa shape index (κ1) is 18.7. The highest BCUT2D eigenvalue weighted by Crippen LogP contribution is 2.24. The number of rotatable bonds is 3. The number of hydrogen-bond donors (Lipinski definition) is 3. The van der Waals surface area contributed by atoms with E-state index in [-0.39, 0.29) is 12.0 Å². The number of carboxylic acid groups (broad SMARTS) is 1. The summed E-state index contributed by atoms with van der Waals surface area (Å²) < 4.78 is 37.4. The van der Waals surface area contributed by atoms with Crippen molar-refractivity contribution < 1.29 is 32.6 Å². The summed E-state index contributed by atoms with van der Waals surface area (Å²) in [5.41, 5.74) is 4.64. The van der Waals surface area contributed by atoms with E-state index in [0.717, 1.165) is 13.1 Å². The lowest BCUT2D eigenvalue weighted by Gasteiger charge is -2.36. The van der Waals surface area contributed by atoms with E-state index in [9.17, 15) is 18.0 Å². The summed E-state index contributed by atoms with van der Waals surface area (Å²) in [5.74, 6) is -3.09. The van der Waals surface area contributed by atoms with E-state index in [4.69, 9.17) is 20.4 Å². The molecule has 0 unspecified atom stereocenters. The zero-order chi connectivity index (χ0) is 16.0. The maximum atomic E-state index is 11.3. The van der Waals surface area contributed by atoms with Crippen LogP contribution in [-0.2, 0) is 14.3 Å². The number of carboxylic acids is 1. The molecule has 1 aliphatic rings. The van der Waals surface area contributed by atoms with E-state index in [1.165, 1.54) is 0 Å². The summed E-state index contributed by atoms with van der Waals surface area (Å²) in [4.78, 5) is 20.2. The number of hydrogen-bond acceptors (Lipinski definition) is 4. The first-order chi connectivity index (χ1) is 9.01. The van der Waals surface area contributed by atoms with Crippen molar-refractivity contribution in [2.24, 2.45) is 5.73 Å². The molecule has 0 aromatic carbocycles. The summed E-state index contributed by atoms with van der Waals surface area (Å²) in [6, 6.07) is 0. The number of carbonyl (C=O) groups excluding carboxylic acids is 1. The smallest absolute Gasteiger partial charge is 0.475 e. The highest BCUT2D eigenvalue weighted by atomic mass is 19.4. The van der Waals surface area contributed by atoms with Crippen LogP contribution >= 0.6 is 0 Å². The molecule has 1 aliphatic heterocycles. The Balaban J connectivity index is 0.000000441. The number of amides is 1. The third-order valence-electron chi connectivity index (χ3n) is 2.56. The van der Waals surface area contributed by atoms with Crippen molar-refractivity contribution in [3.8, 4) is 0 Å². The lowest BCUT2D eigenvalue weighted by atomic mass is 9.91. The average Bonchev–Trinajstić information content (AvgIpc) is 2.28. The van der Waals surface area contributed by atoms with Gasteiger partial charge in [-0.3, -0.25) is 4.79 Å². The van der Waals surface area contributed by atoms with Gasteiger partial charge in [-0.15, -0.1) is 0 Å². The zero-order valence-electron chi connectivity index (χ0n) is 11.3. The molecular formula is C11H19F3N2O4. The molecule has 118 valence electrons. The van der Waals surface area contributed by atoms with Gasteiger partial charge in [-0.05, 0) is 39.8 Å². The quantitative estimate of drug-likeness (QED) is 0.710. The van der Waals surface area contributed by atoms with Gasteiger partial charge < -0.3 is 20.9 Å². The van der Waals surface area contributed by atoms with E-state index in [0.29, 0.717) is 12.8 Å². The van der Waals surface area contributed by atoms with Crippen molar-refractivity contribution in [3.05, 3.63) is 0 Å². The first-order valence-corrected chi connectivity index (χ1v) is 6.00. The van der Waals surface area contributed by atoms with Gasteiger partial charge >= 0.3 is 12.1 Å². The number of piperidine rings is 1. The van der Waals surface area contributed by atoms with Crippen LogP contribution in [0, 0.1) is 0 Å². The third kappa shape index (κ3) is 6.20. The molecule has 9 heteroatoms. The first-order valence-electron chi connectivity index (χ1n) is 6.00. The number of carbonyl (C=O) groups is 2. The molecule has 0 atom stereocenters. The summed E-state index contributed by atoms with van der Waals surface area (Å²) in [5, 5.41) is 10.3. The number of ether oxygens (including phenoxy) is 1. The lowest BCUT2D eigenvalue weighted by Crippen LogP contribution is -2.54. The van der Waals surface area contributed by atoms with Crippen molar-refractivity contribution in [3.63, 3.8) is 0 Å². The van der Waals surface area contributed by atoms with Crippen LogP contribution in [0.5, 0.6) is 0 Å². The molecule has 0 saturated carbocycles. The second-order valence-electron chi connectivity index (χ2n) is 4.58. The van der Waals surface area contributed by atoms with Crippen molar-refractivity contribution in [2.45, 2.75) is 44.6 Å². The molecule has 4 N–H and O–H groups in total. The Morgan fingerprint density at radius 3 is 1.95 bits per heavy atom. The number of alkyl halides is 3. The summed E-state index contributed by atoms with van der Waals surface area (Å²) in [6.07, 6.45) is -3.67. The van der Waals surface area contributed by atoms with E-state index in [2.05, 4.69) is 5.32 Å². The number of primary amides is 1. The summed E-state index contributed by atoms with van der Waals surface area (Å²) in [7, 11) is 0. The van der Waals surface area contributed by atoms with Crippen molar-refractivity contribution in [1.82, 2.24) is 5.32 Å². The highest BCUT2D eigenvalue weighted by molar-refractivity contribution is 5.83. The molecule has 20 heavy (non-hydrogen) atoms. The Hall–Kier alpha value is -1.35. The molecule has 0 bridgehead atoms. The van der Waals surface area contributed by atoms with Gasteiger partial charge in [-0.2, -0.15) is 13.2 Å². The predicted octanol–water partition coefficient (Wildman–Crippen LogP) is 0.652. The monoisotopic (exact) mass is 300 g/mol. The molecule has 0 aromatic heterocycles. The fourth-order valence-electron chi connectivity index (χ4n) is 1.70. The van der Waals surface area contributed by atoms with Crippen molar-refractivity contribution >= 4 is 11.9 Å². The molecule has 1 fully saturated rings. The van der Waals surface area contributed by atoms with Gasteiger partial charge in [0.05, 0.1) is 6.10 Å². The molecule has 1 amide bonds. The molecule has 1 rings (SSSR count). The van der Waals surface area contributed by atoms with E-state index >= 15 is 0 Å². The summed E-state index contributed by atoms with van der Waals surface area (Å²) >= 11 is 0. The minimum Gasteiger partial charge on any atom is -0.475 e. The molecular weight excluding hydrogens is 281 g/mol. The van der Waals surface area contributed by atoms with Crippen LogP contribution < -0.4 is 11.1 Å². The Morgan fingerprint density at radius 2 is 1.70 bits per heavy atom. The van der Waals surface area contributed by atoms with Crippen LogP contribution in [0.2, 0.25) is 0 Å². The molecule has 0 aliphatic carbocycles. The molecule has 6 nitrogen and oxygen atoms in total. The van der Waals surface area contributed by atoms with Crippen LogP contribution in [0.3, 0.4) is 0 Å². The van der Waals surface area contributed by atoms with E-state index < -0.39 is 17.7 Å². The molecule has 0 aromatic rings. The fourth-order valence-corrected chi connectivity index (χ4v) is 1.70. The molecule has 0 radical (unpaired) electrons. The third-order valence-corrected chi connectivity index (χ3v) is 2.56. The largest absolute Gasteiger partial charge is 0.490 e. The Kier molecular flexibility index (Phi) is 6.94. The maximum Gasteiger partial charge on any atom is 0.490 e. The van der Waals surface area contributed by atoms with Crippen LogP contribution in [0.25, 0.3) is 0 Å². The Labute approximate surface area is 114 Å². The second kappa shape index (κ2) is 7.44. The highest BCUT2D eigenvalue weighted by Gasteiger charge is 2.39. The standard InChI is InChI=1S/C9H18N2O2.C2HF3O2/c1-7(2)13-9(8(10)12)3-5-11-6-4-9;3-2(4,5)1(6)7/h7,11H,3-6H2,1-2H3,(H2,10,12);(H,6,7).